The molecule has 0 radical (unpaired) electrons. The average Bonchev–Trinajstić information content (AvgIpc) is 1.59. The van der Waals surface area contributed by atoms with Gasteiger partial charge >= 0.3 is 0 Å². The summed E-state index contributed by atoms with van der Waals surface area (Å²) < 4.78 is 22.5. The molecule has 0 spiro atoms. The molecule has 0 bridgehead atoms. The lowest BCUT2D eigenvalue weighted by atomic mass is 10.0. The number of imidazole rings is 2. The number of fused-ring (bicyclic) bond motifs is 14. The van der Waals surface area contributed by atoms with Crippen LogP contribution in [0.1, 0.15) is 0 Å². The van der Waals surface area contributed by atoms with E-state index in [-0.39, 0.29) is 0 Å². The molecule has 524 valence electrons. The maximum Gasteiger partial charge on any atom is 0.238 e. The molecule has 23 rings (SSSR count). The van der Waals surface area contributed by atoms with Crippen molar-refractivity contribution in [2.24, 2.45) is 0 Å². The Labute approximate surface area is 639 Å². The Morgan fingerprint density at radius 1 is 0.205 bits per heavy atom. The van der Waals surface area contributed by atoms with Gasteiger partial charge in [-0.1, -0.05) is 243 Å². The van der Waals surface area contributed by atoms with Crippen LogP contribution in [0.4, 0.5) is 0 Å². The van der Waals surface area contributed by atoms with Gasteiger partial charge in [0.05, 0.1) is 55.3 Å². The van der Waals surface area contributed by atoms with E-state index in [9.17, 15) is 0 Å². The van der Waals surface area contributed by atoms with Crippen LogP contribution >= 0.6 is 0 Å². The largest absolute Gasteiger partial charge is 0.455 e. The van der Waals surface area contributed by atoms with Crippen molar-refractivity contribution in [1.29, 1.82) is 0 Å². The topological polar surface area (TPSA) is 149 Å². The van der Waals surface area contributed by atoms with E-state index in [1.54, 1.807) is 0 Å². The van der Waals surface area contributed by atoms with Crippen molar-refractivity contribution in [1.82, 2.24) is 58.1 Å². The second-order valence-corrected chi connectivity index (χ2v) is 27.7. The molecule has 8 heterocycles. The van der Waals surface area contributed by atoms with Gasteiger partial charge in [-0.2, -0.15) is 9.97 Å². The van der Waals surface area contributed by atoms with Crippen molar-refractivity contribution in [2.45, 2.75) is 0 Å². The number of furan rings is 2. The highest BCUT2D eigenvalue weighted by molar-refractivity contribution is 6.17. The monoisotopic (exact) mass is 1440 g/mol. The molecule has 0 saturated heterocycles. The van der Waals surface area contributed by atoms with Crippen LogP contribution in [0.2, 0.25) is 0 Å². The highest BCUT2D eigenvalue weighted by Gasteiger charge is 2.27. The molecule has 0 saturated carbocycles. The molecule has 0 fully saturated rings. The summed E-state index contributed by atoms with van der Waals surface area (Å²) in [6.45, 7) is 0. The maximum absolute atomic E-state index is 6.82. The second kappa shape index (κ2) is 26.2. The van der Waals surface area contributed by atoms with Gasteiger partial charge in [0.1, 0.15) is 34.0 Å². The lowest BCUT2D eigenvalue weighted by Crippen LogP contribution is -2.06. The smallest absolute Gasteiger partial charge is 0.238 e. The molecule has 112 heavy (non-hydrogen) atoms. The zero-order valence-electron chi connectivity index (χ0n) is 59.8. The van der Waals surface area contributed by atoms with Gasteiger partial charge in [-0.25, -0.2) is 29.9 Å². The molecular weight excluding hydrogens is 1380 g/mol. The van der Waals surface area contributed by atoms with Gasteiger partial charge in [0.15, 0.2) is 29.1 Å². The zero-order valence-corrected chi connectivity index (χ0v) is 59.8. The van der Waals surface area contributed by atoms with Crippen LogP contribution in [0, 0.1) is 0 Å². The number of hydrogen-bond donors (Lipinski definition) is 0. The Morgan fingerprint density at radius 3 is 1.04 bits per heavy atom. The summed E-state index contributed by atoms with van der Waals surface area (Å²) in [5, 5.41) is 8.36. The third-order valence-corrected chi connectivity index (χ3v) is 21.2. The lowest BCUT2D eigenvalue weighted by molar-refractivity contribution is 0.669. The van der Waals surface area contributed by atoms with Gasteiger partial charge in [-0.15, -0.1) is 0 Å². The first kappa shape index (κ1) is 63.7. The highest BCUT2D eigenvalue weighted by Crippen LogP contribution is 2.45. The molecule has 0 unspecified atom stereocenters. The lowest BCUT2D eigenvalue weighted by Gasteiger charge is -2.11. The van der Waals surface area contributed by atoms with Crippen molar-refractivity contribution in [2.75, 3.05) is 0 Å². The van der Waals surface area contributed by atoms with E-state index in [0.29, 0.717) is 35.1 Å². The summed E-state index contributed by atoms with van der Waals surface area (Å²) >= 11 is 0. The minimum atomic E-state index is 0.549. The Bertz CT molecular complexity index is 7580. The van der Waals surface area contributed by atoms with E-state index < -0.39 is 0 Å². The zero-order chi connectivity index (χ0) is 73.7. The first-order chi connectivity index (χ1) is 55.6. The molecule has 0 aliphatic heterocycles. The Morgan fingerprint density at radius 2 is 0.545 bits per heavy atom. The van der Waals surface area contributed by atoms with Crippen LogP contribution in [0.25, 0.3) is 212 Å². The summed E-state index contributed by atoms with van der Waals surface area (Å²) in [6.07, 6.45) is 0. The van der Waals surface area contributed by atoms with E-state index in [1.807, 2.05) is 133 Å². The van der Waals surface area contributed by atoms with Crippen molar-refractivity contribution in [3.05, 3.63) is 364 Å². The summed E-state index contributed by atoms with van der Waals surface area (Å²) in [6, 6.07) is 124. The molecule has 0 aliphatic carbocycles. The van der Waals surface area contributed by atoms with Crippen molar-refractivity contribution >= 4 is 110 Å². The fraction of sp³-hybridized carbons (Fsp3) is 0. The molecule has 8 aromatic heterocycles. The van der Waals surface area contributed by atoms with Crippen LogP contribution in [0.15, 0.2) is 373 Å². The minimum absolute atomic E-state index is 0.549. The molecule has 14 nitrogen and oxygen atoms in total. The Balaban J connectivity index is 0.000000138. The molecule has 0 N–H and O–H groups in total. The van der Waals surface area contributed by atoms with Crippen LogP contribution in [-0.4, -0.2) is 58.1 Å². The first-order valence-electron chi connectivity index (χ1n) is 37.2. The summed E-state index contributed by atoms with van der Waals surface area (Å²) in [7, 11) is 0. The summed E-state index contributed by atoms with van der Waals surface area (Å²) in [5.74, 6) is 5.07. The molecule has 0 atom stereocenters. The number of benzene rings is 15. The first-order valence-corrected chi connectivity index (χ1v) is 37.2. The normalized spacial score (nSPS) is 11.8. The van der Waals surface area contributed by atoms with E-state index >= 15 is 0 Å². The second-order valence-electron chi connectivity index (χ2n) is 27.7. The molecule has 14 heteroatoms. The quantitative estimate of drug-likeness (QED) is 0.122. The van der Waals surface area contributed by atoms with Crippen LogP contribution in [0.3, 0.4) is 0 Å². The molecule has 0 amide bonds. The molecule has 23 aromatic rings. The van der Waals surface area contributed by atoms with E-state index in [2.05, 4.69) is 249 Å². The van der Waals surface area contributed by atoms with Gasteiger partial charge in [0.2, 0.25) is 5.95 Å². The summed E-state index contributed by atoms with van der Waals surface area (Å²) in [4.78, 5) is 41.4. The minimum Gasteiger partial charge on any atom is -0.455 e. The van der Waals surface area contributed by atoms with Crippen molar-refractivity contribution in [3.63, 3.8) is 0 Å². The fourth-order valence-electron chi connectivity index (χ4n) is 16.3. The average molecular weight is 1440 g/mol. The Hall–Kier alpha value is -15.5. The number of aromatic nitrogens is 12. The number of nitrogens with zero attached hydrogens (tertiary/aromatic N) is 12. The standard InChI is InChI=1S/C52H32N6O.C46H28N6O/c1-4-16-33(17-5-1)49-54-50(34-30-31-44-41(32-34)37-22-10-12-27-43(37)57(44)35-18-6-2-7-19-35)56-51(55-49)39-24-15-29-46-47(39)38-23-14-25-40(48(38)59-46)52-53-42-26-11-13-28-45(42)58(52)36-20-8-3-9-21-36;1-3-15-29(16-4-1)43-48-44(50-46(49-43)52-37-25-10-7-19-31(37)32-20-8-11-26-38(32)52)34-22-14-28-40-41(34)33-21-13-23-35(42(33)53-40)45-47-36-24-9-12-27-39(36)51(45)30-17-5-2-6-18-30/h1-32H;1-28H. The predicted octanol–water partition coefficient (Wildman–Crippen LogP) is 24.1. The highest BCUT2D eigenvalue weighted by atomic mass is 16.3. The Kier molecular flexibility index (Phi) is 14.9. The predicted molar refractivity (Wildman–Crippen MR) is 450 cm³/mol. The molecular formula is C98H60N12O2. The van der Waals surface area contributed by atoms with Gasteiger partial charge in [-0.05, 0) is 121 Å². The fourth-order valence-corrected chi connectivity index (χ4v) is 16.3. The van der Waals surface area contributed by atoms with Crippen molar-refractivity contribution in [3.8, 4) is 103 Å². The third-order valence-electron chi connectivity index (χ3n) is 21.2. The molecule has 15 aromatic carbocycles. The van der Waals surface area contributed by atoms with Crippen LogP contribution in [0.5, 0.6) is 0 Å². The number of hydrogen-bond acceptors (Lipinski definition) is 10. The SMILES string of the molecule is c1ccc(-c2nc(-c3ccc4c(c3)c3ccccc3n4-c3ccccc3)nc(-c3cccc4oc5c(-c6nc7ccccc7n6-c6ccccc6)cccc5c34)n2)cc1.c1ccc(-c2nc(-c3cccc4oc5c(-c6nc7ccccc7n6-c6ccccc6)cccc5c34)nc(-n3c4ccccc4c4ccccc43)n2)cc1. The number of rotatable bonds is 11. The van der Waals surface area contributed by atoms with Gasteiger partial charge in [-0.3, -0.25) is 13.7 Å². The summed E-state index contributed by atoms with van der Waals surface area (Å²) in [5.41, 5.74) is 20.6. The van der Waals surface area contributed by atoms with Crippen molar-refractivity contribution < 1.29 is 8.83 Å². The van der Waals surface area contributed by atoms with Gasteiger partial charge in [0, 0.05) is 88.0 Å². The maximum atomic E-state index is 6.82. The van der Waals surface area contributed by atoms with Gasteiger partial charge < -0.3 is 13.4 Å². The molecule has 0 aliphatic rings. The van der Waals surface area contributed by atoms with E-state index in [4.69, 9.17) is 48.7 Å². The van der Waals surface area contributed by atoms with Crippen LogP contribution < -0.4 is 0 Å². The number of para-hydroxylation sites is 12. The third kappa shape index (κ3) is 10.5. The van der Waals surface area contributed by atoms with E-state index in [0.717, 1.165) is 177 Å². The van der Waals surface area contributed by atoms with E-state index in [1.165, 1.54) is 0 Å². The van der Waals surface area contributed by atoms with Gasteiger partial charge in [0.25, 0.3) is 0 Å². The van der Waals surface area contributed by atoms with Crippen LogP contribution in [-0.2, 0) is 0 Å².